The minimum Gasteiger partial charge on any atom is -0.350 e. The van der Waals surface area contributed by atoms with E-state index in [9.17, 15) is 9.59 Å². The molecule has 2 aliphatic heterocycles. The second-order valence-electron chi connectivity index (χ2n) is 8.62. The number of carbonyl (C=O) groups is 2. The topological polar surface area (TPSA) is 55.9 Å². The number of likely N-dealkylation sites (tertiary alicyclic amines) is 1. The molecule has 1 aromatic carbocycles. The summed E-state index contributed by atoms with van der Waals surface area (Å²) >= 11 is 1.59. The van der Waals surface area contributed by atoms with Gasteiger partial charge in [0, 0.05) is 50.7 Å². The number of hydrogen-bond donors (Lipinski definition) is 1. The van der Waals surface area contributed by atoms with Crippen molar-refractivity contribution in [2.45, 2.75) is 38.4 Å². The molecule has 166 valence electrons. The largest absolute Gasteiger partial charge is 0.350 e. The Kier molecular flexibility index (Phi) is 7.37. The van der Waals surface area contributed by atoms with E-state index in [2.05, 4.69) is 46.4 Å². The number of amides is 2. The Morgan fingerprint density at radius 3 is 2.48 bits per heavy atom. The van der Waals surface area contributed by atoms with E-state index in [4.69, 9.17) is 0 Å². The van der Waals surface area contributed by atoms with Crippen LogP contribution in [0.25, 0.3) is 0 Å². The van der Waals surface area contributed by atoms with Crippen molar-refractivity contribution >= 4 is 23.2 Å². The molecule has 1 aromatic heterocycles. The van der Waals surface area contributed by atoms with E-state index in [0.29, 0.717) is 19.5 Å². The van der Waals surface area contributed by atoms with Crippen molar-refractivity contribution in [2.75, 3.05) is 39.8 Å². The molecule has 2 aromatic rings. The lowest BCUT2D eigenvalue weighted by Gasteiger charge is -2.32. The second kappa shape index (κ2) is 10.4. The number of benzene rings is 1. The minimum absolute atomic E-state index is 0.0430. The van der Waals surface area contributed by atoms with Crippen LogP contribution < -0.4 is 5.32 Å². The highest BCUT2D eigenvalue weighted by molar-refractivity contribution is 7.10. The van der Waals surface area contributed by atoms with Gasteiger partial charge in [0.25, 0.3) is 0 Å². The summed E-state index contributed by atoms with van der Waals surface area (Å²) < 4.78 is 0. The van der Waals surface area contributed by atoms with Crippen LogP contribution in [0.3, 0.4) is 0 Å². The molecule has 0 spiro atoms. The molecular formula is C24H32N4O2S. The molecule has 2 aliphatic rings. The third-order valence-corrected chi connectivity index (χ3v) is 7.15. The van der Waals surface area contributed by atoms with Crippen LogP contribution in [-0.2, 0) is 29.1 Å². The molecule has 31 heavy (non-hydrogen) atoms. The molecule has 1 atom stereocenters. The van der Waals surface area contributed by atoms with Crippen molar-refractivity contribution in [1.82, 2.24) is 20.0 Å². The standard InChI is InChI=1S/C24H32N4O2S/c1-26-11-13-27(14-12-26)18-20-8-6-19(7-9-20)17-25-24(30)22-5-2-10-28(22)23(29)16-21-4-3-15-31-21/h3-4,6-9,15,22H,2,5,10-14,16-18H2,1H3,(H,25,30). The summed E-state index contributed by atoms with van der Waals surface area (Å²) in [7, 11) is 2.17. The molecule has 0 bridgehead atoms. The van der Waals surface area contributed by atoms with Crippen LogP contribution in [0.1, 0.15) is 28.8 Å². The summed E-state index contributed by atoms with van der Waals surface area (Å²) in [5.74, 6) is 0.00639. The average Bonchev–Trinajstić information content (AvgIpc) is 3.47. The van der Waals surface area contributed by atoms with Gasteiger partial charge >= 0.3 is 0 Å². The first-order valence-corrected chi connectivity index (χ1v) is 12.0. The van der Waals surface area contributed by atoms with Gasteiger partial charge in [0.15, 0.2) is 0 Å². The number of rotatable bonds is 7. The number of thiophene rings is 1. The summed E-state index contributed by atoms with van der Waals surface area (Å²) in [5.41, 5.74) is 2.39. The van der Waals surface area contributed by atoms with Crippen molar-refractivity contribution < 1.29 is 9.59 Å². The van der Waals surface area contributed by atoms with Crippen LogP contribution in [-0.4, -0.2) is 72.3 Å². The summed E-state index contributed by atoms with van der Waals surface area (Å²) in [5, 5.41) is 5.02. The Morgan fingerprint density at radius 1 is 1.03 bits per heavy atom. The highest BCUT2D eigenvalue weighted by Gasteiger charge is 2.33. The smallest absolute Gasteiger partial charge is 0.243 e. The lowest BCUT2D eigenvalue weighted by molar-refractivity contribution is -0.138. The van der Waals surface area contributed by atoms with E-state index in [0.717, 1.165) is 56.0 Å². The fraction of sp³-hybridized carbons (Fsp3) is 0.500. The highest BCUT2D eigenvalue weighted by atomic mass is 32.1. The summed E-state index contributed by atoms with van der Waals surface area (Å²) in [6, 6.07) is 12.1. The number of carbonyl (C=O) groups excluding carboxylic acids is 2. The zero-order valence-electron chi connectivity index (χ0n) is 18.3. The van der Waals surface area contributed by atoms with Crippen molar-refractivity contribution in [1.29, 1.82) is 0 Å². The zero-order valence-corrected chi connectivity index (χ0v) is 19.1. The van der Waals surface area contributed by atoms with Crippen LogP contribution in [0.15, 0.2) is 41.8 Å². The maximum Gasteiger partial charge on any atom is 0.243 e. The van der Waals surface area contributed by atoms with Gasteiger partial charge < -0.3 is 15.1 Å². The first-order valence-electron chi connectivity index (χ1n) is 11.2. The predicted molar refractivity (Wildman–Crippen MR) is 124 cm³/mol. The van der Waals surface area contributed by atoms with E-state index < -0.39 is 0 Å². The molecule has 6 nitrogen and oxygen atoms in total. The van der Waals surface area contributed by atoms with Crippen LogP contribution >= 0.6 is 11.3 Å². The molecule has 3 heterocycles. The van der Waals surface area contributed by atoms with E-state index >= 15 is 0 Å². The maximum atomic E-state index is 12.8. The van der Waals surface area contributed by atoms with Crippen LogP contribution in [0.5, 0.6) is 0 Å². The molecule has 2 amide bonds. The minimum atomic E-state index is -0.344. The lowest BCUT2D eigenvalue weighted by Crippen LogP contribution is -2.46. The van der Waals surface area contributed by atoms with E-state index in [1.807, 2.05) is 17.5 Å². The van der Waals surface area contributed by atoms with Gasteiger partial charge in [-0.05, 0) is 42.5 Å². The Bertz CT molecular complexity index is 860. The Labute approximate surface area is 188 Å². The number of nitrogens with one attached hydrogen (secondary N) is 1. The van der Waals surface area contributed by atoms with Gasteiger partial charge in [-0.15, -0.1) is 11.3 Å². The first kappa shape index (κ1) is 22.0. The summed E-state index contributed by atoms with van der Waals surface area (Å²) in [4.78, 5) is 33.1. The van der Waals surface area contributed by atoms with Crippen molar-refractivity contribution in [3.63, 3.8) is 0 Å². The molecule has 0 aliphatic carbocycles. The van der Waals surface area contributed by atoms with E-state index in [-0.39, 0.29) is 17.9 Å². The normalized spacial score (nSPS) is 20.2. The predicted octanol–water partition coefficient (Wildman–Crippen LogP) is 2.35. The zero-order chi connectivity index (χ0) is 21.6. The van der Waals surface area contributed by atoms with Crippen LogP contribution in [0.2, 0.25) is 0 Å². The monoisotopic (exact) mass is 440 g/mol. The molecule has 1 N–H and O–H groups in total. The quantitative estimate of drug-likeness (QED) is 0.718. The van der Waals surface area contributed by atoms with Gasteiger partial charge in [-0.1, -0.05) is 30.3 Å². The van der Waals surface area contributed by atoms with Crippen molar-refractivity contribution in [2.24, 2.45) is 0 Å². The molecule has 7 heteroatoms. The Morgan fingerprint density at radius 2 is 1.77 bits per heavy atom. The third kappa shape index (κ3) is 5.93. The Hall–Kier alpha value is -2.22. The summed E-state index contributed by atoms with van der Waals surface area (Å²) in [6.45, 7) is 6.61. The number of hydrogen-bond acceptors (Lipinski definition) is 5. The van der Waals surface area contributed by atoms with E-state index in [1.165, 1.54) is 5.56 Å². The van der Waals surface area contributed by atoms with Crippen LogP contribution in [0, 0.1) is 0 Å². The number of likely N-dealkylation sites (N-methyl/N-ethyl adjacent to an activating group) is 1. The lowest BCUT2D eigenvalue weighted by atomic mass is 10.1. The van der Waals surface area contributed by atoms with Crippen molar-refractivity contribution in [3.8, 4) is 0 Å². The van der Waals surface area contributed by atoms with Gasteiger partial charge in [0.05, 0.1) is 6.42 Å². The molecule has 4 rings (SSSR count). The molecule has 1 unspecified atom stereocenters. The number of piperazine rings is 1. The molecular weight excluding hydrogens is 408 g/mol. The van der Waals surface area contributed by atoms with Crippen molar-refractivity contribution in [3.05, 3.63) is 57.8 Å². The van der Waals surface area contributed by atoms with Gasteiger partial charge in [0.1, 0.15) is 6.04 Å². The number of nitrogens with zero attached hydrogens (tertiary/aromatic N) is 3. The third-order valence-electron chi connectivity index (χ3n) is 6.27. The van der Waals surface area contributed by atoms with Gasteiger partial charge in [-0.3, -0.25) is 14.5 Å². The first-order chi connectivity index (χ1) is 15.1. The molecule has 2 fully saturated rings. The molecule has 0 saturated carbocycles. The molecule has 2 saturated heterocycles. The maximum absolute atomic E-state index is 12.8. The highest BCUT2D eigenvalue weighted by Crippen LogP contribution is 2.20. The average molecular weight is 441 g/mol. The van der Waals surface area contributed by atoms with Gasteiger partial charge in [-0.2, -0.15) is 0 Å². The van der Waals surface area contributed by atoms with E-state index in [1.54, 1.807) is 16.2 Å². The van der Waals surface area contributed by atoms with Gasteiger partial charge in [0.2, 0.25) is 11.8 Å². The second-order valence-corrected chi connectivity index (χ2v) is 9.65. The Balaban J connectivity index is 1.25. The molecule has 0 radical (unpaired) electrons. The SMILES string of the molecule is CN1CCN(Cc2ccc(CNC(=O)C3CCCN3C(=O)Cc3cccs3)cc2)CC1. The summed E-state index contributed by atoms with van der Waals surface area (Å²) in [6.07, 6.45) is 2.01. The van der Waals surface area contributed by atoms with Crippen LogP contribution in [0.4, 0.5) is 0 Å². The fourth-order valence-electron chi connectivity index (χ4n) is 4.34. The fourth-order valence-corrected chi connectivity index (χ4v) is 5.03. The van der Waals surface area contributed by atoms with Gasteiger partial charge in [-0.25, -0.2) is 0 Å².